The van der Waals surface area contributed by atoms with Crippen molar-refractivity contribution in [2.24, 2.45) is 4.99 Å². The molecule has 1 aromatic heterocycles. The molecule has 1 saturated carbocycles. The van der Waals surface area contributed by atoms with Gasteiger partial charge < -0.3 is 15.4 Å². The summed E-state index contributed by atoms with van der Waals surface area (Å²) in [6, 6.07) is 4.26. The van der Waals surface area contributed by atoms with Crippen LogP contribution in [0.4, 0.5) is 0 Å². The zero-order valence-corrected chi connectivity index (χ0v) is 21.1. The smallest absolute Gasteiger partial charge is 0.218 e. The fourth-order valence-corrected chi connectivity index (χ4v) is 4.76. The van der Waals surface area contributed by atoms with E-state index in [9.17, 15) is 4.21 Å². The van der Waals surface area contributed by atoms with E-state index in [0.717, 1.165) is 62.3 Å². The van der Waals surface area contributed by atoms with E-state index in [1.165, 1.54) is 0 Å². The number of ether oxygens (including phenoxy) is 1. The highest BCUT2D eigenvalue weighted by Gasteiger charge is 2.26. The molecule has 8 heteroatoms. The van der Waals surface area contributed by atoms with Crippen molar-refractivity contribution in [1.29, 1.82) is 0 Å². The summed E-state index contributed by atoms with van der Waals surface area (Å²) >= 11 is 0. The predicted molar refractivity (Wildman–Crippen MR) is 133 cm³/mol. The maximum atomic E-state index is 12.2. The molecule has 0 aliphatic heterocycles. The Bertz CT molecular complexity index is 645. The van der Waals surface area contributed by atoms with Crippen LogP contribution in [0.5, 0.6) is 5.88 Å². The van der Waals surface area contributed by atoms with Gasteiger partial charge >= 0.3 is 0 Å². The largest absolute Gasteiger partial charge is 0.477 e. The number of aromatic nitrogens is 1. The molecule has 3 atom stereocenters. The average Bonchev–Trinajstić information content (AvgIpc) is 2.73. The van der Waals surface area contributed by atoms with Crippen LogP contribution in [0.1, 0.15) is 64.9 Å². The summed E-state index contributed by atoms with van der Waals surface area (Å²) in [6.07, 6.45) is 8.11. The topological polar surface area (TPSA) is 75.6 Å². The second-order valence-corrected chi connectivity index (χ2v) is 9.17. The highest BCUT2D eigenvalue weighted by Crippen LogP contribution is 2.23. The Hall–Kier alpha value is -0.900. The third kappa shape index (κ3) is 9.19. The molecule has 3 unspecified atom stereocenters. The number of nitrogens with zero attached hydrogens (tertiary/aromatic N) is 2. The quantitative estimate of drug-likeness (QED) is 0.205. The maximum Gasteiger partial charge on any atom is 0.218 e. The van der Waals surface area contributed by atoms with E-state index < -0.39 is 10.8 Å². The van der Waals surface area contributed by atoms with Gasteiger partial charge in [0.25, 0.3) is 0 Å². The fourth-order valence-electron chi connectivity index (χ4n) is 3.42. The van der Waals surface area contributed by atoms with Crippen LogP contribution in [0, 0.1) is 0 Å². The molecule has 1 aliphatic carbocycles. The Morgan fingerprint density at radius 1 is 1.34 bits per heavy atom. The minimum Gasteiger partial charge on any atom is -0.477 e. The normalized spacial score (nSPS) is 20.4. The Morgan fingerprint density at radius 2 is 2.17 bits per heavy atom. The van der Waals surface area contributed by atoms with Gasteiger partial charge in [-0.3, -0.25) is 4.21 Å². The molecule has 1 aliphatic rings. The molecule has 0 bridgehead atoms. The first-order valence-electron chi connectivity index (χ1n) is 10.7. The van der Waals surface area contributed by atoms with Crippen molar-refractivity contribution in [3.63, 3.8) is 0 Å². The molecule has 0 aromatic carbocycles. The van der Waals surface area contributed by atoms with Gasteiger partial charge in [-0.2, -0.15) is 0 Å². The van der Waals surface area contributed by atoms with Crippen molar-refractivity contribution in [3.05, 3.63) is 23.9 Å². The molecule has 6 nitrogen and oxygen atoms in total. The highest BCUT2D eigenvalue weighted by atomic mass is 127. The molecule has 0 amide bonds. The SMILES string of the molecule is CCCCOc1ncccc1CN=C(NCC)NC1CCCC(S(=O)CC)C1.I. The van der Waals surface area contributed by atoms with Crippen molar-refractivity contribution in [1.82, 2.24) is 15.6 Å². The number of rotatable bonds is 10. The zero-order valence-electron chi connectivity index (χ0n) is 18.0. The first-order chi connectivity index (χ1) is 13.7. The molecular weight excluding hydrogens is 499 g/mol. The summed E-state index contributed by atoms with van der Waals surface area (Å²) in [7, 11) is -0.719. The van der Waals surface area contributed by atoms with E-state index in [2.05, 4.69) is 29.5 Å². The second-order valence-electron chi connectivity index (χ2n) is 7.16. The molecule has 29 heavy (non-hydrogen) atoms. The van der Waals surface area contributed by atoms with Gasteiger partial charge in [0.05, 0.1) is 13.2 Å². The van der Waals surface area contributed by atoms with Crippen molar-refractivity contribution in [2.45, 2.75) is 77.1 Å². The maximum absolute atomic E-state index is 12.2. The number of pyridine rings is 1. The van der Waals surface area contributed by atoms with Gasteiger partial charge in [0.1, 0.15) is 0 Å². The van der Waals surface area contributed by atoms with E-state index >= 15 is 0 Å². The van der Waals surface area contributed by atoms with Crippen LogP contribution in [-0.4, -0.2) is 45.3 Å². The van der Waals surface area contributed by atoms with Gasteiger partial charge in [-0.05, 0) is 38.7 Å². The Kier molecular flexibility index (Phi) is 13.5. The van der Waals surface area contributed by atoms with Gasteiger partial charge in [-0.25, -0.2) is 9.98 Å². The molecule has 166 valence electrons. The molecule has 1 aromatic rings. The van der Waals surface area contributed by atoms with Crippen LogP contribution in [0.3, 0.4) is 0 Å². The van der Waals surface area contributed by atoms with E-state index in [1.54, 1.807) is 6.20 Å². The van der Waals surface area contributed by atoms with Crippen molar-refractivity contribution in [2.75, 3.05) is 18.9 Å². The number of nitrogens with one attached hydrogen (secondary N) is 2. The standard InChI is InChI=1S/C21H36N4O2S.HI/c1-4-7-14-27-20-17(10-9-13-23-20)16-24-21(22-5-2)25-18-11-8-12-19(15-18)28(26)6-3;/h9-10,13,18-19H,4-8,11-12,14-16H2,1-3H3,(H2,22,24,25);1H. The number of aliphatic imine (C=N–C) groups is 1. The number of halogens is 1. The lowest BCUT2D eigenvalue weighted by molar-refractivity contribution is 0.294. The van der Waals surface area contributed by atoms with E-state index in [-0.39, 0.29) is 24.0 Å². The molecule has 0 spiro atoms. The first-order valence-corrected chi connectivity index (χ1v) is 12.0. The third-order valence-electron chi connectivity index (χ3n) is 4.96. The zero-order chi connectivity index (χ0) is 20.2. The van der Waals surface area contributed by atoms with Gasteiger partial charge in [-0.15, -0.1) is 24.0 Å². The number of unbranched alkanes of at least 4 members (excludes halogenated alkanes) is 1. The van der Waals surface area contributed by atoms with E-state index in [4.69, 9.17) is 9.73 Å². The monoisotopic (exact) mass is 536 g/mol. The van der Waals surface area contributed by atoms with Crippen LogP contribution in [0.15, 0.2) is 23.3 Å². The molecule has 1 fully saturated rings. The molecule has 0 saturated heterocycles. The Morgan fingerprint density at radius 3 is 2.90 bits per heavy atom. The minimum absolute atomic E-state index is 0. The number of hydrogen-bond acceptors (Lipinski definition) is 4. The minimum atomic E-state index is -0.719. The second kappa shape index (κ2) is 15.0. The average molecular weight is 537 g/mol. The summed E-state index contributed by atoms with van der Waals surface area (Å²) in [5.41, 5.74) is 0.990. The molecule has 1 heterocycles. The first kappa shape index (κ1) is 26.1. The Balaban J connectivity index is 0.00000420. The fraction of sp³-hybridized carbons (Fsp3) is 0.714. The van der Waals surface area contributed by atoms with Crippen molar-refractivity contribution >= 4 is 40.7 Å². The lowest BCUT2D eigenvalue weighted by atomic mass is 9.95. The van der Waals surface area contributed by atoms with Crippen LogP contribution in [0.2, 0.25) is 0 Å². The third-order valence-corrected chi connectivity index (χ3v) is 6.70. The van der Waals surface area contributed by atoms with Crippen LogP contribution in [0.25, 0.3) is 0 Å². The predicted octanol–water partition coefficient (Wildman–Crippen LogP) is 4.01. The van der Waals surface area contributed by atoms with Gasteiger partial charge in [-0.1, -0.05) is 32.8 Å². The molecule has 0 radical (unpaired) electrons. The summed E-state index contributed by atoms with van der Waals surface area (Å²) in [5.74, 6) is 2.22. The van der Waals surface area contributed by atoms with Crippen LogP contribution < -0.4 is 15.4 Å². The molecule has 2 rings (SSSR count). The number of guanidine groups is 1. The van der Waals surface area contributed by atoms with E-state index in [1.807, 2.05) is 19.1 Å². The Labute approximate surface area is 195 Å². The van der Waals surface area contributed by atoms with Crippen molar-refractivity contribution in [3.8, 4) is 5.88 Å². The van der Waals surface area contributed by atoms with Crippen LogP contribution >= 0.6 is 24.0 Å². The highest BCUT2D eigenvalue weighted by molar-refractivity contribution is 14.0. The van der Waals surface area contributed by atoms with Gasteiger partial charge in [0, 0.05) is 46.1 Å². The van der Waals surface area contributed by atoms with Crippen molar-refractivity contribution < 1.29 is 8.95 Å². The number of hydrogen-bond donors (Lipinski definition) is 2. The van der Waals surface area contributed by atoms with Crippen LogP contribution in [-0.2, 0) is 17.3 Å². The summed E-state index contributed by atoms with van der Waals surface area (Å²) in [5, 5.41) is 7.18. The molecule has 2 N–H and O–H groups in total. The lowest BCUT2D eigenvalue weighted by Crippen LogP contribution is -2.46. The van der Waals surface area contributed by atoms with Gasteiger partial charge in [0.2, 0.25) is 5.88 Å². The summed E-state index contributed by atoms with van der Waals surface area (Å²) in [6.45, 7) is 8.22. The van der Waals surface area contributed by atoms with Gasteiger partial charge in [0.15, 0.2) is 5.96 Å². The van der Waals surface area contributed by atoms with E-state index in [0.29, 0.717) is 30.3 Å². The summed E-state index contributed by atoms with van der Waals surface area (Å²) < 4.78 is 18.0. The molecular formula is C21H37IN4O2S. The lowest BCUT2D eigenvalue weighted by Gasteiger charge is -2.30. The summed E-state index contributed by atoms with van der Waals surface area (Å²) in [4.78, 5) is 9.12.